The van der Waals surface area contributed by atoms with Gasteiger partial charge in [-0.1, -0.05) is 18.2 Å². The molecule has 4 rings (SSSR count). The van der Waals surface area contributed by atoms with Crippen LogP contribution in [0.3, 0.4) is 0 Å². The highest BCUT2D eigenvalue weighted by Gasteiger charge is 2.33. The largest absolute Gasteiger partial charge is 0.497 e. The highest BCUT2D eigenvalue weighted by atomic mass is 16.5. The predicted octanol–water partition coefficient (Wildman–Crippen LogP) is 4.14. The van der Waals surface area contributed by atoms with Gasteiger partial charge >= 0.3 is 5.97 Å². The van der Waals surface area contributed by atoms with E-state index in [1.807, 2.05) is 48.7 Å². The predicted molar refractivity (Wildman–Crippen MR) is 115 cm³/mol. The number of carboxylic acid groups (broad SMARTS) is 1. The standard InChI is InChI=1S/C24H26N2O4/c1-29-19-9-10-22(30-2)20(13-19)23(26-11-5-7-17(15-26)24(27)28)18-12-16-6-3-4-8-21(16)25-14-18/h3-4,6,8-10,12-14,17,23H,5,7,11,15H2,1-2H3,(H,27,28). The number of methoxy groups -OCH3 is 2. The zero-order valence-electron chi connectivity index (χ0n) is 17.2. The molecule has 3 aromatic rings. The van der Waals surface area contributed by atoms with Crippen LogP contribution in [0.25, 0.3) is 10.9 Å². The van der Waals surface area contributed by atoms with Crippen LogP contribution in [0.15, 0.2) is 54.7 Å². The third-order valence-corrected chi connectivity index (χ3v) is 5.83. The lowest BCUT2D eigenvalue weighted by molar-refractivity contribution is -0.143. The molecule has 2 unspecified atom stereocenters. The number of nitrogens with zero attached hydrogens (tertiary/aromatic N) is 2. The fourth-order valence-electron chi connectivity index (χ4n) is 4.32. The molecule has 30 heavy (non-hydrogen) atoms. The highest BCUT2D eigenvalue weighted by molar-refractivity contribution is 5.79. The van der Waals surface area contributed by atoms with E-state index in [2.05, 4.69) is 16.0 Å². The average Bonchev–Trinajstić information content (AvgIpc) is 2.79. The number of ether oxygens (including phenoxy) is 2. The summed E-state index contributed by atoms with van der Waals surface area (Å²) in [4.78, 5) is 18.6. The molecule has 0 aliphatic carbocycles. The number of aromatic nitrogens is 1. The number of para-hydroxylation sites is 1. The monoisotopic (exact) mass is 406 g/mol. The number of pyridine rings is 1. The molecule has 156 valence electrons. The van der Waals surface area contributed by atoms with Crippen molar-refractivity contribution in [3.8, 4) is 11.5 Å². The van der Waals surface area contributed by atoms with E-state index in [-0.39, 0.29) is 12.0 Å². The minimum atomic E-state index is -0.743. The maximum Gasteiger partial charge on any atom is 0.307 e. The average molecular weight is 406 g/mol. The summed E-state index contributed by atoms with van der Waals surface area (Å²) < 4.78 is 11.2. The lowest BCUT2D eigenvalue weighted by Gasteiger charge is -2.38. The minimum Gasteiger partial charge on any atom is -0.497 e. The number of piperidine rings is 1. The summed E-state index contributed by atoms with van der Waals surface area (Å²) in [6.07, 6.45) is 3.42. The first-order valence-corrected chi connectivity index (χ1v) is 10.1. The number of carboxylic acids is 1. The summed E-state index contributed by atoms with van der Waals surface area (Å²) in [5.41, 5.74) is 2.88. The molecule has 6 heteroatoms. The SMILES string of the molecule is COc1ccc(OC)c(C(c2cnc3ccccc3c2)N2CCCC(C(=O)O)C2)c1. The molecule has 1 saturated heterocycles. The Bertz CT molecular complexity index is 1050. The molecule has 0 bridgehead atoms. The molecule has 0 radical (unpaired) electrons. The van der Waals surface area contributed by atoms with Gasteiger partial charge in [-0.3, -0.25) is 14.7 Å². The van der Waals surface area contributed by atoms with E-state index in [9.17, 15) is 9.90 Å². The van der Waals surface area contributed by atoms with Crippen LogP contribution in [0.2, 0.25) is 0 Å². The molecule has 1 aromatic heterocycles. The molecule has 0 saturated carbocycles. The summed E-state index contributed by atoms with van der Waals surface area (Å²) in [5, 5.41) is 10.7. The Kier molecular flexibility index (Phi) is 5.86. The van der Waals surface area contributed by atoms with Crippen molar-refractivity contribution in [2.45, 2.75) is 18.9 Å². The Morgan fingerprint density at radius 1 is 1.17 bits per heavy atom. The summed E-state index contributed by atoms with van der Waals surface area (Å²) in [7, 11) is 3.29. The van der Waals surface area contributed by atoms with Gasteiger partial charge in [-0.05, 0) is 55.3 Å². The Hall–Kier alpha value is -3.12. The lowest BCUT2D eigenvalue weighted by atomic mass is 9.91. The summed E-state index contributed by atoms with van der Waals surface area (Å²) in [6, 6.07) is 15.7. The van der Waals surface area contributed by atoms with E-state index < -0.39 is 5.97 Å². The Balaban J connectivity index is 1.85. The smallest absolute Gasteiger partial charge is 0.307 e. The van der Waals surface area contributed by atoms with E-state index in [4.69, 9.17) is 9.47 Å². The van der Waals surface area contributed by atoms with Crippen molar-refractivity contribution in [3.63, 3.8) is 0 Å². The van der Waals surface area contributed by atoms with Gasteiger partial charge in [0.2, 0.25) is 0 Å². The molecule has 2 heterocycles. The van der Waals surface area contributed by atoms with Gasteiger partial charge < -0.3 is 14.6 Å². The molecule has 1 aliphatic rings. The third kappa shape index (κ3) is 3.96. The van der Waals surface area contributed by atoms with Crippen molar-refractivity contribution in [2.24, 2.45) is 5.92 Å². The van der Waals surface area contributed by atoms with E-state index >= 15 is 0 Å². The van der Waals surface area contributed by atoms with E-state index in [1.54, 1.807) is 14.2 Å². The number of rotatable bonds is 6. The van der Waals surface area contributed by atoms with Crippen LogP contribution in [0.5, 0.6) is 11.5 Å². The maximum atomic E-state index is 11.7. The number of benzene rings is 2. The Morgan fingerprint density at radius 2 is 2.00 bits per heavy atom. The number of likely N-dealkylation sites (tertiary alicyclic amines) is 1. The van der Waals surface area contributed by atoms with Crippen molar-refractivity contribution in [2.75, 3.05) is 27.3 Å². The fraction of sp³-hybridized carbons (Fsp3) is 0.333. The summed E-state index contributed by atoms with van der Waals surface area (Å²) in [5.74, 6) is 0.349. The van der Waals surface area contributed by atoms with Crippen LogP contribution in [0.1, 0.15) is 30.0 Å². The van der Waals surface area contributed by atoms with E-state index in [1.165, 1.54) is 0 Å². The molecule has 1 N–H and O–H groups in total. The molecule has 0 amide bonds. The van der Waals surface area contributed by atoms with Crippen LogP contribution in [-0.4, -0.2) is 48.3 Å². The molecule has 6 nitrogen and oxygen atoms in total. The van der Waals surface area contributed by atoms with Crippen molar-refractivity contribution in [1.29, 1.82) is 0 Å². The van der Waals surface area contributed by atoms with Crippen molar-refractivity contribution >= 4 is 16.9 Å². The van der Waals surface area contributed by atoms with Gasteiger partial charge in [-0.15, -0.1) is 0 Å². The van der Waals surface area contributed by atoms with Gasteiger partial charge in [0.1, 0.15) is 11.5 Å². The van der Waals surface area contributed by atoms with Gasteiger partial charge in [-0.25, -0.2) is 0 Å². The Labute approximate surface area is 176 Å². The summed E-state index contributed by atoms with van der Waals surface area (Å²) >= 11 is 0. The topological polar surface area (TPSA) is 71.9 Å². The first-order chi connectivity index (χ1) is 14.6. The molecule has 0 spiro atoms. The molecule has 1 fully saturated rings. The van der Waals surface area contributed by atoms with Crippen LogP contribution < -0.4 is 9.47 Å². The molecule has 2 atom stereocenters. The van der Waals surface area contributed by atoms with Crippen LogP contribution in [0, 0.1) is 5.92 Å². The van der Waals surface area contributed by atoms with Gasteiger partial charge in [0.25, 0.3) is 0 Å². The van der Waals surface area contributed by atoms with E-state index in [0.717, 1.165) is 46.5 Å². The van der Waals surface area contributed by atoms with Crippen LogP contribution >= 0.6 is 0 Å². The highest BCUT2D eigenvalue weighted by Crippen LogP contribution is 2.39. The van der Waals surface area contributed by atoms with Crippen LogP contribution in [0.4, 0.5) is 0 Å². The van der Waals surface area contributed by atoms with Gasteiger partial charge in [0.05, 0.1) is 31.7 Å². The summed E-state index contributed by atoms with van der Waals surface area (Å²) in [6.45, 7) is 1.29. The molecular formula is C24H26N2O4. The fourth-order valence-corrected chi connectivity index (χ4v) is 4.32. The first kappa shape index (κ1) is 20.2. The van der Waals surface area contributed by atoms with Gasteiger partial charge in [0, 0.05) is 23.7 Å². The second-order valence-corrected chi connectivity index (χ2v) is 7.64. The number of hydrogen-bond acceptors (Lipinski definition) is 5. The number of aliphatic carboxylic acids is 1. The second-order valence-electron chi connectivity index (χ2n) is 7.64. The number of carbonyl (C=O) groups is 1. The maximum absolute atomic E-state index is 11.7. The first-order valence-electron chi connectivity index (χ1n) is 10.1. The zero-order valence-corrected chi connectivity index (χ0v) is 17.2. The van der Waals surface area contributed by atoms with Gasteiger partial charge in [0.15, 0.2) is 0 Å². The quantitative estimate of drug-likeness (QED) is 0.663. The lowest BCUT2D eigenvalue weighted by Crippen LogP contribution is -2.41. The second kappa shape index (κ2) is 8.71. The normalized spacial score (nSPS) is 18.1. The third-order valence-electron chi connectivity index (χ3n) is 5.83. The molecule has 1 aliphatic heterocycles. The molecular weight excluding hydrogens is 380 g/mol. The van der Waals surface area contributed by atoms with Gasteiger partial charge in [-0.2, -0.15) is 0 Å². The number of fused-ring (bicyclic) bond motifs is 1. The van der Waals surface area contributed by atoms with Crippen LogP contribution in [-0.2, 0) is 4.79 Å². The molecule has 2 aromatic carbocycles. The number of hydrogen-bond donors (Lipinski definition) is 1. The van der Waals surface area contributed by atoms with Crippen molar-refractivity contribution < 1.29 is 19.4 Å². The minimum absolute atomic E-state index is 0.186. The van der Waals surface area contributed by atoms with E-state index in [0.29, 0.717) is 13.0 Å². The zero-order chi connectivity index (χ0) is 21.1. The van der Waals surface area contributed by atoms with Crippen molar-refractivity contribution in [1.82, 2.24) is 9.88 Å². The van der Waals surface area contributed by atoms with Crippen molar-refractivity contribution in [3.05, 3.63) is 65.9 Å². The Morgan fingerprint density at radius 3 is 2.77 bits per heavy atom.